The molecule has 0 bridgehead atoms. The molecular formula is C116H178N6O18. The van der Waals surface area contributed by atoms with Gasteiger partial charge in [0.2, 0.25) is 0 Å². The summed E-state index contributed by atoms with van der Waals surface area (Å²) < 4.78 is 728. The third kappa shape index (κ3) is 26.3. The summed E-state index contributed by atoms with van der Waals surface area (Å²) >= 11 is 0. The normalized spacial score (nSPS) is 46.2. The molecule has 12 aliphatic rings. The quantitative estimate of drug-likeness (QED) is 0.0369. The Kier molecular flexibility index (Phi) is 15.9. The minimum absolute atomic E-state index is 0.0296. The molecule has 780 valence electrons. The number of hydrogen-bond acceptors (Lipinski definition) is 24. The number of aliphatic hydroxyl groups excluding tert-OH is 4. The summed E-state index contributed by atoms with van der Waals surface area (Å²) in [7, 11) is 0.607. The third-order valence-corrected chi connectivity index (χ3v) is 23.6. The molecule has 0 spiro atoms. The topological polar surface area (TPSA) is 252 Å². The van der Waals surface area contributed by atoms with Gasteiger partial charge in [0.15, 0.2) is 69.0 Å². The van der Waals surface area contributed by atoms with Crippen LogP contribution < -0.4 is 56.8 Å². The molecule has 24 heteroatoms. The fraction of sp³-hybridized carbons (Fsp3) is 0.690. The van der Waals surface area contributed by atoms with Gasteiger partial charge in [-0.1, -0.05) is 96.6 Å². The standard InChI is InChI=1S/2C20H31NO3.4C19H29NO3/c2*1-20(2,3)11-14-12-21-7-6-13-8-18(23-4)19(24-5)9-15(13)16(21)10-17(14)22;4*1-12(2)7-14-11-20-6-5-13-8-18(22-3)19(23-4)9-15(13)16(20)10-17(14)21/h2*8-9,14,16-17,22H,6-7,10-12H2,1-5H3;4*8-9,12,14,16-17,21H,5-7,10-11H2,1-4H3/i1D3,2D3,5D3,6D2,7D2,8D,9D,10D2,11D2,14D,16D,17D;1D3,2D3,6D2,7D2,8D,9D,11D2,12D2;4D3,5D2,6D2,8D,9D,10D2,14D,16D,17D;4D3,5D2,6D2,8D,9D,11D2;2*5D2,6D2,8D,9D,11D2. The molecule has 18 unspecified atom stereocenters. The van der Waals surface area contributed by atoms with Crippen LogP contribution in [0, 0.1) is 70.0 Å². The van der Waals surface area contributed by atoms with E-state index in [1.54, 1.807) is 13.8 Å². The molecule has 0 saturated carbocycles. The molecule has 6 N–H and O–H groups in total. The van der Waals surface area contributed by atoms with E-state index in [1.807, 2.05) is 41.5 Å². The Bertz CT molecular complexity index is 8820. The first kappa shape index (κ1) is 45.8. The summed E-state index contributed by atoms with van der Waals surface area (Å²) in [6.07, 6.45) is -48.6. The first-order chi connectivity index (χ1) is 97.6. The molecule has 0 aromatic heterocycles. The number of aliphatic hydroxyl groups is 6. The van der Waals surface area contributed by atoms with Crippen molar-refractivity contribution >= 4 is 0 Å². The monoisotopic (exact) mass is 2020 g/mol. The summed E-state index contributed by atoms with van der Waals surface area (Å²) in [6, 6.07) is -21.2. The van der Waals surface area contributed by atoms with Gasteiger partial charge >= 0.3 is 0 Å². The zero-order valence-corrected chi connectivity index (χ0v) is 81.1. The Morgan fingerprint density at radius 1 is 0.321 bits per heavy atom. The van der Waals surface area contributed by atoms with Gasteiger partial charge in [-0.15, -0.1) is 0 Å². The molecule has 18 atom stereocenters. The highest BCUT2D eigenvalue weighted by Gasteiger charge is 2.47. The van der Waals surface area contributed by atoms with Crippen molar-refractivity contribution < 1.29 is 196 Å². The second-order valence-corrected chi connectivity index (χ2v) is 36.1. The molecule has 24 nitrogen and oxygen atoms in total. The Morgan fingerprint density at radius 3 is 0.821 bits per heavy atom. The number of ether oxygens (including phenoxy) is 12. The molecule has 6 aromatic carbocycles. The highest BCUT2D eigenvalue weighted by Crippen LogP contribution is 2.53. The number of nitrogens with zero attached hydrogens (tertiary/aromatic N) is 6. The number of hydrogen-bond donors (Lipinski definition) is 6. The molecule has 0 aliphatic carbocycles. The number of rotatable bonds is 22. The molecule has 140 heavy (non-hydrogen) atoms. The molecule has 12 aliphatic heterocycles. The SMILES string of the molecule is [2H]c1c(OC([2H])([2H])[2H])c(OC)c([2H])c2c1C1CC(O)C(CC(C)C)C([2H])([2H])N1C([2H])([2H])C2([2H])[2H].[2H]c1c(OC)c(OC([2H])([2H])[2H])c([2H])c2c1C([2H])([2H])C([2H])([2H])N1CC([2H])(C([2H])([2H])C(C)(C([2H])([2H])[2H])C([2H])([2H])[2H])C([2H])(O)C([2H])([2H])C21[2H].[2H]c1c(OC)c(OC([2H])([2H])[2H])c([2H])c2c1C([2H])([2H])C([2H])([2H])N1CC([2H])(CC(C)C)C([2H])(O)C([2H])([2H])C21[2H].[2H]c1c(OC)c(OC)c([2H])c2c1C1CC(O)C(C([2H])([2H])C(C)(C([2H])([2H])[2H])C([2H])([2H])[2H])C([2H])([2H])N1C([2H])([2H])C2([2H])[2H].[2H]c1c(OC)c(OC)c([2H])c2c1C1CC(O)C(CC(C)C)C([2H])([2H])N1C([2H])([2H])C2([2H])[2H].[2H]c1c(OC)c(OC)c([2H])c2c1C1CC(O)C(CC(C)C)C([2H])([2H])N1C([2H])([2H])C2([2H])[2H]. The van der Waals surface area contributed by atoms with Crippen LogP contribution in [0.3, 0.4) is 0 Å². The maximum absolute atomic E-state index is 11.6. The van der Waals surface area contributed by atoms with Gasteiger partial charge in [0, 0.05) is 188 Å². The maximum Gasteiger partial charge on any atom is 0.161 e. The van der Waals surface area contributed by atoms with E-state index in [1.165, 1.54) is 28.4 Å². The van der Waals surface area contributed by atoms with Gasteiger partial charge in [-0.3, -0.25) is 29.4 Å². The van der Waals surface area contributed by atoms with Gasteiger partial charge in [-0.25, -0.2) is 0 Å². The van der Waals surface area contributed by atoms with E-state index in [9.17, 15) is 33.4 Å². The van der Waals surface area contributed by atoms with Crippen LogP contribution in [-0.4, -0.2) is 260 Å². The van der Waals surface area contributed by atoms with E-state index < -0.39 is 456 Å². The van der Waals surface area contributed by atoms with Gasteiger partial charge in [-0.2, -0.15) is 0 Å². The highest BCUT2D eigenvalue weighted by molar-refractivity contribution is 5.55. The zero-order chi connectivity index (χ0) is 171. The van der Waals surface area contributed by atoms with Gasteiger partial charge in [-0.05, 0) is 324 Å². The van der Waals surface area contributed by atoms with Crippen molar-refractivity contribution in [2.45, 2.75) is 285 Å². The van der Waals surface area contributed by atoms with Crippen LogP contribution in [0.25, 0.3) is 0 Å². The van der Waals surface area contributed by atoms with Gasteiger partial charge in [0.05, 0.1) is 156 Å². The van der Waals surface area contributed by atoms with Crippen molar-refractivity contribution in [3.8, 4) is 69.0 Å². The van der Waals surface area contributed by atoms with Crippen molar-refractivity contribution in [2.24, 2.45) is 70.0 Å². The van der Waals surface area contributed by atoms with Gasteiger partial charge in [0.25, 0.3) is 0 Å². The lowest BCUT2D eigenvalue weighted by Crippen LogP contribution is -2.48. The second kappa shape index (κ2) is 48.6. The molecule has 12 heterocycles. The summed E-state index contributed by atoms with van der Waals surface area (Å²) in [5, 5.41) is 66.6. The molecule has 18 rings (SSSR count). The Morgan fingerprint density at radius 2 is 0.550 bits per heavy atom. The lowest BCUT2D eigenvalue weighted by atomic mass is 9.75. The second-order valence-electron chi connectivity index (χ2n) is 36.1. The Labute approximate surface area is 951 Å². The van der Waals surface area contributed by atoms with Gasteiger partial charge < -0.3 is 87.5 Å². The largest absolute Gasteiger partial charge is 0.493 e. The summed E-state index contributed by atoms with van der Waals surface area (Å²) in [4.78, 5) is 2.78. The van der Waals surface area contributed by atoms with Crippen LogP contribution >= 0.6 is 0 Å². The van der Waals surface area contributed by atoms with Crippen LogP contribution in [-0.2, 0) is 38.2 Å². The molecule has 6 aromatic rings. The Hall–Kier alpha value is -7.56. The van der Waals surface area contributed by atoms with E-state index in [-0.39, 0.29) is 147 Å². The lowest BCUT2D eigenvalue weighted by Gasteiger charge is -2.47. The Balaban J connectivity index is 0.000000210. The predicted molar refractivity (Wildman–Crippen MR) is 556 cm³/mol. The first-order valence-corrected chi connectivity index (χ1v) is 45.0. The summed E-state index contributed by atoms with van der Waals surface area (Å²) in [6.45, 7) is -32.4. The minimum atomic E-state index is -4.42. The van der Waals surface area contributed by atoms with Crippen LogP contribution in [0.1, 0.15) is 385 Å². The highest BCUT2D eigenvalue weighted by atomic mass is 16.5. The predicted octanol–water partition coefficient (Wildman–Crippen LogP) is 19.0. The van der Waals surface area contributed by atoms with Crippen molar-refractivity contribution in [2.75, 3.05) is 163 Å². The number of fused-ring (bicyclic) bond motifs is 18. The lowest BCUT2D eigenvalue weighted by molar-refractivity contribution is -0.0259. The van der Waals surface area contributed by atoms with E-state index in [2.05, 4.69) is 0 Å². The number of benzene rings is 6. The van der Waals surface area contributed by atoms with E-state index in [0.29, 0.717) is 23.6 Å². The molecular weight excluding hydrogens is 1770 g/mol. The average molecular weight is 2020 g/mol. The van der Waals surface area contributed by atoms with Crippen molar-refractivity contribution in [3.63, 3.8) is 0 Å². The van der Waals surface area contributed by atoms with Crippen molar-refractivity contribution in [3.05, 3.63) is 139 Å². The third-order valence-electron chi connectivity index (χ3n) is 23.6. The number of methoxy groups -OCH3 is 12. The molecule has 0 amide bonds. The van der Waals surface area contributed by atoms with Gasteiger partial charge in [0.1, 0.15) is 0 Å². The van der Waals surface area contributed by atoms with Crippen molar-refractivity contribution in [1.29, 1.82) is 0 Å². The fourth-order valence-electron chi connectivity index (χ4n) is 17.2. The van der Waals surface area contributed by atoms with Crippen LogP contribution in [0.15, 0.2) is 72.5 Å². The molecule has 6 fully saturated rings. The smallest absolute Gasteiger partial charge is 0.161 e. The summed E-state index contributed by atoms with van der Waals surface area (Å²) in [5.41, 5.74) is -14.3. The number of piperidine rings is 6. The average Bonchev–Trinajstić information content (AvgIpc) is 0.636. The van der Waals surface area contributed by atoms with Crippen LogP contribution in [0.4, 0.5) is 0 Å². The molecule has 6 saturated heterocycles. The van der Waals surface area contributed by atoms with E-state index in [0.717, 1.165) is 45.3 Å². The maximum atomic E-state index is 11.6. The minimum Gasteiger partial charge on any atom is -0.493 e. The van der Waals surface area contributed by atoms with Crippen molar-refractivity contribution in [1.82, 2.24) is 29.4 Å². The zero-order valence-electron chi connectivity index (χ0n) is 160. The fourth-order valence-corrected chi connectivity index (χ4v) is 17.2. The van der Waals surface area contributed by atoms with E-state index in [4.69, 9.17) is 162 Å². The van der Waals surface area contributed by atoms with Crippen LogP contribution in [0.5, 0.6) is 69.0 Å². The van der Waals surface area contributed by atoms with Crippen LogP contribution in [0.2, 0.25) is 0 Å². The summed E-state index contributed by atoms with van der Waals surface area (Å²) in [5.74, 6) is -18.6. The van der Waals surface area contributed by atoms with E-state index >= 15 is 0 Å². The first-order valence-electron chi connectivity index (χ1n) is 84.5. The molecule has 0 radical (unpaired) electrons.